The van der Waals surface area contributed by atoms with Crippen LogP contribution in [0.4, 0.5) is 0 Å². The van der Waals surface area contributed by atoms with E-state index in [1.807, 2.05) is 19.2 Å². The van der Waals surface area contributed by atoms with Gasteiger partial charge in [0.15, 0.2) is 0 Å². The average Bonchev–Trinajstić information content (AvgIpc) is 2.48. The van der Waals surface area contributed by atoms with Gasteiger partial charge in [0.25, 0.3) is 0 Å². The lowest BCUT2D eigenvalue weighted by Gasteiger charge is -1.98. The van der Waals surface area contributed by atoms with E-state index in [0.29, 0.717) is 0 Å². The Kier molecular flexibility index (Phi) is 2.37. The number of nitrogens with one attached hydrogen (secondary N) is 1. The number of rotatable bonds is 1. The normalized spacial score (nSPS) is 10.5. The molecule has 0 bridgehead atoms. The summed E-state index contributed by atoms with van der Waals surface area (Å²) in [6, 6.07) is 2.01. The minimum absolute atomic E-state index is 0.968. The third kappa shape index (κ3) is 1.57. The van der Waals surface area contributed by atoms with Gasteiger partial charge in [0.1, 0.15) is 0 Å². The Morgan fingerprint density at radius 2 is 2.07 bits per heavy atom. The number of aryl methyl sites for hydroxylation is 1. The summed E-state index contributed by atoms with van der Waals surface area (Å²) in [4.78, 5) is 4.11. The highest BCUT2D eigenvalue weighted by molar-refractivity contribution is 9.10. The maximum absolute atomic E-state index is 4.24. The molecule has 0 radical (unpaired) electrons. The Morgan fingerprint density at radius 3 is 2.64 bits per heavy atom. The van der Waals surface area contributed by atoms with Gasteiger partial charge in [-0.2, -0.15) is 5.10 Å². The molecule has 0 aliphatic carbocycles. The molecule has 0 aliphatic rings. The second-order valence-electron chi connectivity index (χ2n) is 3.21. The zero-order valence-corrected chi connectivity index (χ0v) is 9.59. The largest absolute Gasteiger partial charge is 0.282 e. The van der Waals surface area contributed by atoms with Gasteiger partial charge < -0.3 is 0 Å². The Bertz CT molecular complexity index is 462. The highest BCUT2D eigenvalue weighted by atomic mass is 79.9. The van der Waals surface area contributed by atoms with E-state index < -0.39 is 0 Å². The van der Waals surface area contributed by atoms with Crippen molar-refractivity contribution in [2.24, 2.45) is 0 Å². The summed E-state index contributed by atoms with van der Waals surface area (Å²) in [5.41, 5.74) is 4.27. The van der Waals surface area contributed by atoms with Crippen molar-refractivity contribution in [2.45, 2.75) is 13.8 Å². The Balaban J connectivity index is 2.55. The summed E-state index contributed by atoms with van der Waals surface area (Å²) >= 11 is 3.39. The first kappa shape index (κ1) is 9.40. The molecule has 14 heavy (non-hydrogen) atoms. The van der Waals surface area contributed by atoms with Crippen molar-refractivity contribution in [3.05, 3.63) is 34.2 Å². The van der Waals surface area contributed by atoms with Crippen LogP contribution in [0.5, 0.6) is 0 Å². The molecule has 4 heteroatoms. The van der Waals surface area contributed by atoms with Crippen LogP contribution in [0.25, 0.3) is 11.3 Å². The van der Waals surface area contributed by atoms with Gasteiger partial charge in [-0.3, -0.25) is 10.1 Å². The molecule has 0 saturated carbocycles. The summed E-state index contributed by atoms with van der Waals surface area (Å²) in [6.07, 6.45) is 3.58. The fourth-order valence-corrected chi connectivity index (χ4v) is 1.67. The minimum atomic E-state index is 0.968. The van der Waals surface area contributed by atoms with Crippen LogP contribution in [0.3, 0.4) is 0 Å². The predicted octanol–water partition coefficient (Wildman–Crippen LogP) is 2.85. The van der Waals surface area contributed by atoms with Gasteiger partial charge in [-0.1, -0.05) is 0 Å². The van der Waals surface area contributed by atoms with E-state index in [-0.39, 0.29) is 0 Å². The van der Waals surface area contributed by atoms with E-state index in [9.17, 15) is 0 Å². The Labute approximate surface area is 90.7 Å². The molecular weight excluding hydrogens is 242 g/mol. The van der Waals surface area contributed by atoms with Gasteiger partial charge in [-0.05, 0) is 41.4 Å². The molecule has 2 heterocycles. The van der Waals surface area contributed by atoms with E-state index in [2.05, 4.69) is 38.0 Å². The van der Waals surface area contributed by atoms with Crippen molar-refractivity contribution in [3.63, 3.8) is 0 Å². The third-order valence-corrected chi connectivity index (χ3v) is 2.67. The maximum Gasteiger partial charge on any atom is 0.0968 e. The number of aromatic amines is 1. The van der Waals surface area contributed by atoms with Crippen LogP contribution in [0.15, 0.2) is 22.9 Å². The number of halogens is 1. The minimum Gasteiger partial charge on any atom is -0.282 e. The quantitative estimate of drug-likeness (QED) is 0.847. The molecule has 2 rings (SSSR count). The van der Waals surface area contributed by atoms with Gasteiger partial charge in [0.2, 0.25) is 0 Å². The number of nitrogens with zero attached hydrogens (tertiary/aromatic N) is 2. The first-order valence-electron chi connectivity index (χ1n) is 4.31. The fourth-order valence-electron chi connectivity index (χ4n) is 1.31. The molecule has 0 unspecified atom stereocenters. The average molecular weight is 252 g/mol. The molecule has 3 nitrogen and oxygen atoms in total. The summed E-state index contributed by atoms with van der Waals surface area (Å²) in [7, 11) is 0. The molecule has 0 spiro atoms. The zero-order valence-electron chi connectivity index (χ0n) is 8.00. The number of hydrogen-bond acceptors (Lipinski definition) is 2. The van der Waals surface area contributed by atoms with Crippen molar-refractivity contribution in [1.29, 1.82) is 0 Å². The number of H-pyrrole nitrogens is 1. The van der Waals surface area contributed by atoms with Crippen molar-refractivity contribution < 1.29 is 0 Å². The third-order valence-electron chi connectivity index (χ3n) is 2.23. The van der Waals surface area contributed by atoms with E-state index >= 15 is 0 Å². The summed E-state index contributed by atoms with van der Waals surface area (Å²) in [6.45, 7) is 4.06. The second kappa shape index (κ2) is 3.53. The van der Waals surface area contributed by atoms with Gasteiger partial charge in [-0.25, -0.2) is 0 Å². The van der Waals surface area contributed by atoms with Crippen LogP contribution in [0.1, 0.15) is 11.3 Å². The standard InChI is InChI=1S/C10H10BrN3/c1-6-7(2)13-14-10(6)8-3-9(11)5-12-4-8/h3-5H,1-2H3,(H,13,14). The van der Waals surface area contributed by atoms with E-state index in [4.69, 9.17) is 0 Å². The van der Waals surface area contributed by atoms with Crippen LogP contribution >= 0.6 is 15.9 Å². The first-order valence-corrected chi connectivity index (χ1v) is 5.10. The van der Waals surface area contributed by atoms with Crippen molar-refractivity contribution in [1.82, 2.24) is 15.2 Å². The first-order chi connectivity index (χ1) is 6.68. The predicted molar refractivity (Wildman–Crippen MR) is 59.0 cm³/mol. The van der Waals surface area contributed by atoms with Crippen LogP contribution < -0.4 is 0 Å². The number of pyridine rings is 1. The molecule has 72 valence electrons. The van der Waals surface area contributed by atoms with Gasteiger partial charge in [0.05, 0.1) is 5.69 Å². The van der Waals surface area contributed by atoms with Gasteiger partial charge in [-0.15, -0.1) is 0 Å². The number of aromatic nitrogens is 3. The van der Waals surface area contributed by atoms with Crippen molar-refractivity contribution >= 4 is 15.9 Å². The Hall–Kier alpha value is -1.16. The molecule has 2 aromatic heterocycles. The highest BCUT2D eigenvalue weighted by Gasteiger charge is 2.08. The van der Waals surface area contributed by atoms with E-state index in [1.165, 1.54) is 5.56 Å². The summed E-state index contributed by atoms with van der Waals surface area (Å²) < 4.78 is 0.968. The van der Waals surface area contributed by atoms with Gasteiger partial charge >= 0.3 is 0 Å². The van der Waals surface area contributed by atoms with Crippen molar-refractivity contribution in [2.75, 3.05) is 0 Å². The van der Waals surface area contributed by atoms with Crippen LogP contribution in [-0.2, 0) is 0 Å². The molecule has 0 atom stereocenters. The van der Waals surface area contributed by atoms with Crippen molar-refractivity contribution in [3.8, 4) is 11.3 Å². The Morgan fingerprint density at radius 1 is 1.29 bits per heavy atom. The monoisotopic (exact) mass is 251 g/mol. The van der Waals surface area contributed by atoms with Crippen LogP contribution in [0, 0.1) is 13.8 Å². The lowest BCUT2D eigenvalue weighted by atomic mass is 10.1. The van der Waals surface area contributed by atoms with E-state index in [0.717, 1.165) is 21.4 Å². The molecule has 0 aliphatic heterocycles. The van der Waals surface area contributed by atoms with Crippen LogP contribution in [-0.4, -0.2) is 15.2 Å². The second-order valence-corrected chi connectivity index (χ2v) is 4.13. The SMILES string of the molecule is Cc1[nH]nc(-c2cncc(Br)c2)c1C. The zero-order chi connectivity index (χ0) is 10.1. The molecule has 0 aromatic carbocycles. The molecule has 0 amide bonds. The lowest BCUT2D eigenvalue weighted by Crippen LogP contribution is -1.83. The summed E-state index contributed by atoms with van der Waals surface area (Å²) in [5.74, 6) is 0. The van der Waals surface area contributed by atoms with Gasteiger partial charge in [0, 0.05) is 28.1 Å². The molecular formula is C10H10BrN3. The molecule has 0 fully saturated rings. The topological polar surface area (TPSA) is 41.6 Å². The molecule has 1 N–H and O–H groups in total. The summed E-state index contributed by atoms with van der Waals surface area (Å²) in [5, 5.41) is 7.20. The van der Waals surface area contributed by atoms with Crippen LogP contribution in [0.2, 0.25) is 0 Å². The molecule has 0 saturated heterocycles. The molecule has 2 aromatic rings. The highest BCUT2D eigenvalue weighted by Crippen LogP contribution is 2.24. The fraction of sp³-hybridized carbons (Fsp3) is 0.200. The number of hydrogen-bond donors (Lipinski definition) is 1. The van der Waals surface area contributed by atoms with E-state index in [1.54, 1.807) is 6.20 Å². The maximum atomic E-state index is 4.24. The smallest absolute Gasteiger partial charge is 0.0968 e. The lowest BCUT2D eigenvalue weighted by molar-refractivity contribution is 1.05.